The lowest BCUT2D eigenvalue weighted by Crippen LogP contribution is -2.26. The van der Waals surface area contributed by atoms with E-state index in [0.29, 0.717) is 6.61 Å². The fraction of sp³-hybridized carbons (Fsp3) is 0.500. The zero-order chi connectivity index (χ0) is 13.2. The Labute approximate surface area is 107 Å². The topological polar surface area (TPSA) is 58.6 Å². The first-order chi connectivity index (χ1) is 8.55. The van der Waals surface area contributed by atoms with Crippen molar-refractivity contribution in [3.8, 4) is 5.75 Å². The van der Waals surface area contributed by atoms with Crippen LogP contribution >= 0.6 is 0 Å². The Morgan fingerprint density at radius 1 is 1.33 bits per heavy atom. The average molecular weight is 249 g/mol. The van der Waals surface area contributed by atoms with Gasteiger partial charge in [0.2, 0.25) is 5.91 Å². The van der Waals surface area contributed by atoms with Crippen molar-refractivity contribution in [3.05, 3.63) is 23.8 Å². The number of hydrogen-bond acceptors (Lipinski definition) is 3. The predicted molar refractivity (Wildman–Crippen MR) is 69.9 cm³/mol. The maximum Gasteiger partial charge on any atom is 0.234 e. The van der Waals surface area contributed by atoms with Crippen molar-refractivity contribution in [2.24, 2.45) is 0 Å². The van der Waals surface area contributed by atoms with Gasteiger partial charge in [0.1, 0.15) is 5.75 Å². The molecule has 4 heteroatoms. The minimum atomic E-state index is -0.500. The third kappa shape index (κ3) is 2.34. The average Bonchev–Trinajstić information content (AvgIpc) is 2.57. The summed E-state index contributed by atoms with van der Waals surface area (Å²) in [5.74, 6) is 0.797. The summed E-state index contributed by atoms with van der Waals surface area (Å²) >= 11 is 0. The van der Waals surface area contributed by atoms with Crippen LogP contribution in [0.1, 0.15) is 32.3 Å². The van der Waals surface area contributed by atoms with Crippen molar-refractivity contribution in [1.82, 2.24) is 0 Å². The Morgan fingerprint density at radius 3 is 2.83 bits per heavy atom. The van der Waals surface area contributed by atoms with Gasteiger partial charge in [-0.2, -0.15) is 0 Å². The highest BCUT2D eigenvalue weighted by Gasteiger charge is 2.38. The second-order valence-electron chi connectivity index (χ2n) is 5.07. The molecule has 18 heavy (non-hydrogen) atoms. The van der Waals surface area contributed by atoms with Gasteiger partial charge in [-0.15, -0.1) is 0 Å². The lowest BCUT2D eigenvalue weighted by Gasteiger charge is -2.16. The van der Waals surface area contributed by atoms with E-state index in [0.717, 1.165) is 29.8 Å². The van der Waals surface area contributed by atoms with E-state index in [9.17, 15) is 4.79 Å². The summed E-state index contributed by atoms with van der Waals surface area (Å²) in [6, 6.07) is 5.66. The van der Waals surface area contributed by atoms with Gasteiger partial charge in [-0.05, 0) is 50.5 Å². The summed E-state index contributed by atoms with van der Waals surface area (Å²) in [7, 11) is 0. The summed E-state index contributed by atoms with van der Waals surface area (Å²) < 4.78 is 5.61. The normalized spacial score (nSPS) is 16.3. The number of fused-ring (bicyclic) bond motifs is 1. The van der Waals surface area contributed by atoms with Crippen molar-refractivity contribution in [2.75, 3.05) is 18.5 Å². The molecule has 0 fully saturated rings. The minimum Gasteiger partial charge on any atom is -0.494 e. The van der Waals surface area contributed by atoms with E-state index < -0.39 is 5.41 Å². The fourth-order valence-electron chi connectivity index (χ4n) is 2.04. The van der Waals surface area contributed by atoms with Gasteiger partial charge >= 0.3 is 0 Å². The highest BCUT2D eigenvalue weighted by molar-refractivity contribution is 6.05. The summed E-state index contributed by atoms with van der Waals surface area (Å²) in [6.07, 6.45) is 1.57. The summed E-state index contributed by atoms with van der Waals surface area (Å²) in [4.78, 5) is 11.8. The van der Waals surface area contributed by atoms with Gasteiger partial charge in [-0.1, -0.05) is 0 Å². The molecule has 2 rings (SSSR count). The highest BCUT2D eigenvalue weighted by atomic mass is 16.5. The lowest BCUT2D eigenvalue weighted by molar-refractivity contribution is -0.119. The SMILES string of the molecule is CC1(C)C(=O)Nc2ccc(OCCCCO)cc21. The van der Waals surface area contributed by atoms with Gasteiger partial charge in [-0.25, -0.2) is 0 Å². The van der Waals surface area contributed by atoms with E-state index in [-0.39, 0.29) is 12.5 Å². The van der Waals surface area contributed by atoms with Crippen LogP contribution in [0.4, 0.5) is 5.69 Å². The Bertz CT molecular complexity index is 454. The molecule has 1 heterocycles. The summed E-state index contributed by atoms with van der Waals surface area (Å²) in [5.41, 5.74) is 1.35. The van der Waals surface area contributed by atoms with Gasteiger partial charge in [-0.3, -0.25) is 4.79 Å². The van der Waals surface area contributed by atoms with E-state index in [1.54, 1.807) is 0 Å². The number of unbranched alkanes of at least 4 members (excludes halogenated alkanes) is 1. The molecule has 0 atom stereocenters. The number of nitrogens with one attached hydrogen (secondary N) is 1. The smallest absolute Gasteiger partial charge is 0.234 e. The number of hydrogen-bond donors (Lipinski definition) is 2. The molecule has 0 radical (unpaired) electrons. The molecule has 0 spiro atoms. The van der Waals surface area contributed by atoms with Crippen LogP contribution in [0.15, 0.2) is 18.2 Å². The second-order valence-corrected chi connectivity index (χ2v) is 5.07. The van der Waals surface area contributed by atoms with Crippen LogP contribution < -0.4 is 10.1 Å². The van der Waals surface area contributed by atoms with Crippen LogP contribution in [0.25, 0.3) is 0 Å². The number of amides is 1. The Morgan fingerprint density at radius 2 is 2.11 bits per heavy atom. The number of ether oxygens (including phenoxy) is 1. The molecule has 0 aromatic heterocycles. The monoisotopic (exact) mass is 249 g/mol. The third-order valence-corrected chi connectivity index (χ3v) is 3.30. The molecular formula is C14H19NO3. The highest BCUT2D eigenvalue weighted by Crippen LogP contribution is 2.39. The zero-order valence-electron chi connectivity index (χ0n) is 10.8. The first kappa shape index (κ1) is 12.9. The predicted octanol–water partition coefficient (Wildman–Crippen LogP) is 2.07. The molecule has 0 saturated carbocycles. The largest absolute Gasteiger partial charge is 0.494 e. The number of rotatable bonds is 5. The standard InChI is InChI=1S/C14H19NO3/c1-14(2)11-9-10(18-8-4-3-7-16)5-6-12(11)15-13(14)17/h5-6,9,16H,3-4,7-8H2,1-2H3,(H,15,17). The minimum absolute atomic E-state index is 0.0231. The molecule has 2 N–H and O–H groups in total. The van der Waals surface area contributed by atoms with E-state index in [1.807, 2.05) is 32.0 Å². The molecule has 0 saturated heterocycles. The first-order valence-electron chi connectivity index (χ1n) is 6.25. The molecule has 0 aliphatic carbocycles. The quantitative estimate of drug-likeness (QED) is 0.785. The summed E-state index contributed by atoms with van der Waals surface area (Å²) in [6.45, 7) is 4.59. The second kappa shape index (κ2) is 4.98. The molecule has 1 aromatic carbocycles. The van der Waals surface area contributed by atoms with Crippen LogP contribution in [-0.4, -0.2) is 24.2 Å². The lowest BCUT2D eigenvalue weighted by atomic mass is 9.86. The van der Waals surface area contributed by atoms with Crippen LogP contribution in [0.3, 0.4) is 0 Å². The molecule has 1 aliphatic rings. The Balaban J connectivity index is 2.09. The zero-order valence-corrected chi connectivity index (χ0v) is 10.8. The molecule has 98 valence electrons. The molecule has 4 nitrogen and oxygen atoms in total. The maximum absolute atomic E-state index is 11.8. The van der Waals surface area contributed by atoms with Gasteiger partial charge in [0, 0.05) is 12.3 Å². The molecule has 0 bridgehead atoms. The number of anilines is 1. The molecular weight excluding hydrogens is 230 g/mol. The van der Waals surface area contributed by atoms with Gasteiger partial charge in [0.25, 0.3) is 0 Å². The molecule has 0 unspecified atom stereocenters. The van der Waals surface area contributed by atoms with Crippen LogP contribution in [0.5, 0.6) is 5.75 Å². The summed E-state index contributed by atoms with van der Waals surface area (Å²) in [5, 5.41) is 11.6. The molecule has 1 amide bonds. The number of benzene rings is 1. The van der Waals surface area contributed by atoms with Gasteiger partial charge < -0.3 is 15.2 Å². The van der Waals surface area contributed by atoms with Crippen LogP contribution in [-0.2, 0) is 10.2 Å². The van der Waals surface area contributed by atoms with E-state index in [1.165, 1.54) is 0 Å². The van der Waals surface area contributed by atoms with Gasteiger partial charge in [0.15, 0.2) is 0 Å². The van der Waals surface area contributed by atoms with Crippen molar-refractivity contribution in [2.45, 2.75) is 32.1 Å². The van der Waals surface area contributed by atoms with Crippen molar-refractivity contribution in [1.29, 1.82) is 0 Å². The number of aliphatic hydroxyl groups excluding tert-OH is 1. The number of carbonyl (C=O) groups excluding carboxylic acids is 1. The Hall–Kier alpha value is -1.55. The van der Waals surface area contributed by atoms with Crippen LogP contribution in [0.2, 0.25) is 0 Å². The Kier molecular flexibility index (Phi) is 3.57. The van der Waals surface area contributed by atoms with Crippen molar-refractivity contribution in [3.63, 3.8) is 0 Å². The maximum atomic E-state index is 11.8. The number of aliphatic hydroxyl groups is 1. The number of carbonyl (C=O) groups is 1. The van der Waals surface area contributed by atoms with E-state index in [4.69, 9.17) is 9.84 Å². The van der Waals surface area contributed by atoms with Crippen molar-refractivity contribution >= 4 is 11.6 Å². The van der Waals surface area contributed by atoms with E-state index >= 15 is 0 Å². The molecule has 1 aliphatic heterocycles. The van der Waals surface area contributed by atoms with Gasteiger partial charge in [0.05, 0.1) is 12.0 Å². The third-order valence-electron chi connectivity index (χ3n) is 3.30. The first-order valence-corrected chi connectivity index (χ1v) is 6.25. The van der Waals surface area contributed by atoms with Crippen LogP contribution in [0, 0.1) is 0 Å². The van der Waals surface area contributed by atoms with E-state index in [2.05, 4.69) is 5.32 Å². The molecule has 1 aromatic rings. The fourth-order valence-corrected chi connectivity index (χ4v) is 2.04. The van der Waals surface area contributed by atoms with Crippen molar-refractivity contribution < 1.29 is 14.6 Å².